The highest BCUT2D eigenvalue weighted by Crippen LogP contribution is 2.24. The van der Waals surface area contributed by atoms with Crippen LogP contribution in [0.5, 0.6) is 6.01 Å². The first-order valence-corrected chi connectivity index (χ1v) is 11.1. The average Bonchev–Trinajstić information content (AvgIpc) is 3.25. The molecule has 0 radical (unpaired) electrons. The Labute approximate surface area is 201 Å². The van der Waals surface area contributed by atoms with Crippen LogP contribution in [0.2, 0.25) is 5.02 Å². The molecule has 34 heavy (non-hydrogen) atoms. The van der Waals surface area contributed by atoms with Crippen LogP contribution in [0.25, 0.3) is 10.9 Å². The van der Waals surface area contributed by atoms with Crippen LogP contribution in [0.3, 0.4) is 0 Å². The van der Waals surface area contributed by atoms with E-state index >= 15 is 0 Å². The fourth-order valence-corrected chi connectivity index (χ4v) is 3.65. The van der Waals surface area contributed by atoms with Gasteiger partial charge in [0.1, 0.15) is 17.9 Å². The van der Waals surface area contributed by atoms with Gasteiger partial charge in [-0.05, 0) is 45.0 Å². The van der Waals surface area contributed by atoms with Gasteiger partial charge >= 0.3 is 12.0 Å². The van der Waals surface area contributed by atoms with Crippen molar-refractivity contribution >= 4 is 34.2 Å². The molecule has 4 aromatic rings. The fourth-order valence-electron chi connectivity index (χ4n) is 3.48. The number of halogens is 1. The number of nitrogens with one attached hydrogen (secondary N) is 1. The van der Waals surface area contributed by atoms with E-state index in [9.17, 15) is 4.79 Å². The lowest BCUT2D eigenvalue weighted by Gasteiger charge is -2.10. The maximum absolute atomic E-state index is 12.1. The Morgan fingerprint density at radius 3 is 2.74 bits per heavy atom. The van der Waals surface area contributed by atoms with Crippen LogP contribution < -0.4 is 10.1 Å². The molecule has 3 aromatic heterocycles. The molecule has 0 atom stereocenters. The zero-order valence-electron chi connectivity index (χ0n) is 19.1. The van der Waals surface area contributed by atoms with Crippen molar-refractivity contribution in [2.75, 3.05) is 18.5 Å². The molecule has 0 amide bonds. The summed E-state index contributed by atoms with van der Waals surface area (Å²) >= 11 is 6.05. The van der Waals surface area contributed by atoms with Gasteiger partial charge in [0, 0.05) is 28.8 Å². The zero-order chi connectivity index (χ0) is 24.1. The highest BCUT2D eigenvalue weighted by atomic mass is 35.5. The minimum Gasteiger partial charge on any atom is -0.462 e. The third-order valence-electron chi connectivity index (χ3n) is 5.03. The van der Waals surface area contributed by atoms with E-state index in [0.717, 1.165) is 16.6 Å². The lowest BCUT2D eigenvalue weighted by molar-refractivity contribution is 0.0523. The normalized spacial score (nSPS) is 10.9. The van der Waals surface area contributed by atoms with E-state index in [1.165, 1.54) is 0 Å². The van der Waals surface area contributed by atoms with Crippen molar-refractivity contribution in [2.45, 2.75) is 33.9 Å². The van der Waals surface area contributed by atoms with E-state index in [-0.39, 0.29) is 19.2 Å². The molecule has 176 valence electrons. The van der Waals surface area contributed by atoms with Gasteiger partial charge in [-0.3, -0.25) is 9.67 Å². The molecule has 0 aliphatic heterocycles. The molecule has 0 fully saturated rings. The van der Waals surface area contributed by atoms with Gasteiger partial charge in [0.2, 0.25) is 0 Å². The van der Waals surface area contributed by atoms with Gasteiger partial charge in [-0.2, -0.15) is 9.97 Å². The summed E-state index contributed by atoms with van der Waals surface area (Å²) in [7, 11) is 0. The van der Waals surface area contributed by atoms with E-state index in [0.29, 0.717) is 40.8 Å². The summed E-state index contributed by atoms with van der Waals surface area (Å²) in [5, 5.41) is 13.3. The van der Waals surface area contributed by atoms with Crippen molar-refractivity contribution in [1.29, 1.82) is 0 Å². The first-order chi connectivity index (χ1) is 16.4. The van der Waals surface area contributed by atoms with Crippen LogP contribution in [-0.2, 0) is 17.9 Å². The molecule has 0 aliphatic carbocycles. The summed E-state index contributed by atoms with van der Waals surface area (Å²) < 4.78 is 12.5. The number of aryl methyl sites for hydroxylation is 2. The summed E-state index contributed by atoms with van der Waals surface area (Å²) in [6.45, 7) is 6.88. The molecule has 3 heterocycles. The summed E-state index contributed by atoms with van der Waals surface area (Å²) in [5.41, 5.74) is 3.80. The number of rotatable bonds is 9. The maximum atomic E-state index is 12.1. The molecule has 0 unspecified atom stereocenters. The minimum atomic E-state index is -0.441. The fraction of sp³-hybridized carbons (Fsp3) is 0.304. The number of nitrogens with zero attached hydrogens (tertiary/aromatic N) is 6. The molecule has 0 spiro atoms. The molecule has 10 nitrogen and oxygen atoms in total. The monoisotopic (exact) mass is 481 g/mol. The van der Waals surface area contributed by atoms with Crippen molar-refractivity contribution in [3.05, 3.63) is 64.3 Å². The summed E-state index contributed by atoms with van der Waals surface area (Å²) in [5.74, 6) is -0.441. The molecule has 11 heteroatoms. The Balaban J connectivity index is 1.33. The highest BCUT2D eigenvalue weighted by molar-refractivity contribution is 6.31. The number of hydrogen-bond acceptors (Lipinski definition) is 9. The zero-order valence-corrected chi connectivity index (χ0v) is 19.8. The largest absolute Gasteiger partial charge is 0.462 e. The molecule has 1 N–H and O–H groups in total. The number of benzene rings is 1. The van der Waals surface area contributed by atoms with E-state index in [1.807, 2.05) is 24.3 Å². The van der Waals surface area contributed by atoms with Crippen LogP contribution in [0.1, 0.15) is 34.4 Å². The van der Waals surface area contributed by atoms with Crippen molar-refractivity contribution in [3.8, 4) is 6.01 Å². The van der Waals surface area contributed by atoms with E-state index < -0.39 is 5.97 Å². The topological polar surface area (TPSA) is 117 Å². The second-order valence-corrected chi connectivity index (χ2v) is 7.92. The quantitative estimate of drug-likeness (QED) is 0.356. The predicted molar refractivity (Wildman–Crippen MR) is 127 cm³/mol. The lowest BCUT2D eigenvalue weighted by Crippen LogP contribution is -2.13. The summed E-state index contributed by atoms with van der Waals surface area (Å²) in [4.78, 5) is 24.9. The van der Waals surface area contributed by atoms with Crippen molar-refractivity contribution in [2.24, 2.45) is 0 Å². The average molecular weight is 482 g/mol. The Morgan fingerprint density at radius 2 is 1.97 bits per heavy atom. The molecule has 4 rings (SSSR count). The molecule has 0 aliphatic rings. The van der Waals surface area contributed by atoms with Gasteiger partial charge in [-0.25, -0.2) is 4.79 Å². The second-order valence-electron chi connectivity index (χ2n) is 7.48. The van der Waals surface area contributed by atoms with Gasteiger partial charge in [-0.15, -0.1) is 5.10 Å². The van der Waals surface area contributed by atoms with Crippen LogP contribution in [0.15, 0.2) is 36.7 Å². The smallest absolute Gasteiger partial charge is 0.341 e. The Kier molecular flexibility index (Phi) is 7.17. The van der Waals surface area contributed by atoms with Crippen LogP contribution >= 0.6 is 11.6 Å². The lowest BCUT2D eigenvalue weighted by atomic mass is 10.2. The Morgan fingerprint density at radius 1 is 1.18 bits per heavy atom. The van der Waals surface area contributed by atoms with E-state index in [1.54, 1.807) is 37.8 Å². The summed E-state index contributed by atoms with van der Waals surface area (Å²) in [6.07, 6.45) is 3.55. The van der Waals surface area contributed by atoms with Gasteiger partial charge in [0.25, 0.3) is 0 Å². The third kappa shape index (κ3) is 5.40. The highest BCUT2D eigenvalue weighted by Gasteiger charge is 2.18. The number of ether oxygens (including phenoxy) is 2. The van der Waals surface area contributed by atoms with Gasteiger partial charge < -0.3 is 14.8 Å². The van der Waals surface area contributed by atoms with E-state index in [2.05, 4.69) is 30.6 Å². The third-order valence-corrected chi connectivity index (χ3v) is 5.26. The SMILES string of the molecule is CCOC(=O)c1c(C)nc(OCc2cn(CCNc3ccnc4cc(Cl)ccc34)nn2)nc1C. The second kappa shape index (κ2) is 10.4. The van der Waals surface area contributed by atoms with Crippen LogP contribution in [0.4, 0.5) is 5.69 Å². The van der Waals surface area contributed by atoms with Crippen LogP contribution in [-0.4, -0.2) is 49.1 Å². The number of carbonyl (C=O) groups excluding carboxylic acids is 1. The number of pyridine rings is 1. The Bertz CT molecular complexity index is 1300. The Hall–Kier alpha value is -3.79. The van der Waals surface area contributed by atoms with Gasteiger partial charge in [-0.1, -0.05) is 16.8 Å². The maximum Gasteiger partial charge on any atom is 0.341 e. The molecule has 0 saturated heterocycles. The number of fused-ring (bicyclic) bond motifs is 1. The summed E-state index contributed by atoms with van der Waals surface area (Å²) in [6, 6.07) is 7.72. The number of esters is 1. The van der Waals surface area contributed by atoms with E-state index in [4.69, 9.17) is 21.1 Å². The van der Waals surface area contributed by atoms with Crippen molar-refractivity contribution in [3.63, 3.8) is 0 Å². The van der Waals surface area contributed by atoms with Gasteiger partial charge in [0.15, 0.2) is 0 Å². The predicted octanol–water partition coefficient (Wildman–Crippen LogP) is 3.75. The minimum absolute atomic E-state index is 0.154. The standard InChI is InChI=1S/C23H24ClN7O3/c1-4-33-22(32)21-14(2)27-23(28-15(21)3)34-13-17-12-31(30-29-17)10-9-26-19-7-8-25-20-11-16(24)5-6-18(19)20/h5-8,11-12H,4,9-10,13H2,1-3H3,(H,25,26). The molecular formula is C23H24ClN7O3. The number of hydrogen-bond donors (Lipinski definition) is 1. The first-order valence-electron chi connectivity index (χ1n) is 10.8. The number of anilines is 1. The van der Waals surface area contributed by atoms with Gasteiger partial charge in [0.05, 0.1) is 36.3 Å². The molecule has 1 aromatic carbocycles. The first kappa shape index (κ1) is 23.4. The number of carbonyl (C=O) groups is 1. The molecule has 0 saturated carbocycles. The van der Waals surface area contributed by atoms with Crippen molar-refractivity contribution < 1.29 is 14.3 Å². The van der Waals surface area contributed by atoms with Crippen LogP contribution in [0, 0.1) is 13.8 Å². The number of aromatic nitrogens is 6. The van der Waals surface area contributed by atoms with Crippen molar-refractivity contribution in [1.82, 2.24) is 29.9 Å². The molecule has 0 bridgehead atoms. The molecular weight excluding hydrogens is 458 g/mol.